The Morgan fingerprint density at radius 1 is 0.301 bits per heavy atom. The molecule has 9 rings (SSSR count). The smallest absolute Gasteiger partial charge is 0.0737 e. The van der Waals surface area contributed by atoms with Crippen LogP contribution in [-0.2, 0) is 32.5 Å². The van der Waals surface area contributed by atoms with E-state index in [2.05, 4.69) is 285 Å². The third-order valence-electron chi connectivity index (χ3n) is 14.7. The third-order valence-corrected chi connectivity index (χ3v) is 15.4. The first kappa shape index (κ1) is 52.1. The zero-order valence-corrected chi connectivity index (χ0v) is 49.1. The second-order valence-electron chi connectivity index (χ2n) is 26.9. The molecule has 0 saturated carbocycles. The molecule has 2 aliphatic rings. The lowest BCUT2D eigenvalue weighted by atomic mass is 9.78. The highest BCUT2D eigenvalue weighted by atomic mass is 127. The molecule has 5 heteroatoms. The highest BCUT2D eigenvalue weighted by Gasteiger charge is 2.28. The van der Waals surface area contributed by atoms with E-state index in [0.717, 1.165) is 92.9 Å². The monoisotopic (exact) mass is 1080 g/mol. The van der Waals surface area contributed by atoms with Gasteiger partial charge in [-0.2, -0.15) is 0 Å². The van der Waals surface area contributed by atoms with Gasteiger partial charge in [0.05, 0.1) is 22.8 Å². The first-order valence-electron chi connectivity index (χ1n) is 26.2. The maximum atomic E-state index is 5.80. The van der Waals surface area contributed by atoms with E-state index in [1.807, 2.05) is 0 Å². The highest BCUT2D eigenvalue weighted by molar-refractivity contribution is 14.1. The van der Waals surface area contributed by atoms with Gasteiger partial charge in [-0.15, -0.1) is 0 Å². The van der Waals surface area contributed by atoms with Gasteiger partial charge in [0.15, 0.2) is 0 Å². The van der Waals surface area contributed by atoms with Crippen molar-refractivity contribution in [1.82, 2.24) is 19.9 Å². The fourth-order valence-corrected chi connectivity index (χ4v) is 10.5. The molecule has 3 aromatic heterocycles. The second-order valence-corrected chi connectivity index (χ2v) is 28.2. The lowest BCUT2D eigenvalue weighted by Gasteiger charge is -2.26. The van der Waals surface area contributed by atoms with Gasteiger partial charge >= 0.3 is 0 Å². The van der Waals surface area contributed by atoms with E-state index in [1.165, 1.54) is 33.4 Å². The van der Waals surface area contributed by atoms with E-state index in [9.17, 15) is 0 Å². The number of benzene rings is 4. The summed E-state index contributed by atoms with van der Waals surface area (Å²) in [6, 6.07) is 39.4. The molecule has 0 fully saturated rings. The molecular formula is C68H77IN4. The summed E-state index contributed by atoms with van der Waals surface area (Å²) < 4.78 is 1.16. The Balaban J connectivity index is 1.53. The van der Waals surface area contributed by atoms with Gasteiger partial charge in [-0.05, 0) is 171 Å². The number of hydrogen-bond donors (Lipinski definition) is 2. The molecule has 5 heterocycles. The quantitative estimate of drug-likeness (QED) is 0.173. The molecule has 2 N–H and O–H groups in total. The minimum absolute atomic E-state index is 0.0830. The van der Waals surface area contributed by atoms with Gasteiger partial charge in [0, 0.05) is 47.9 Å². The fourth-order valence-electron chi connectivity index (χ4n) is 9.98. The van der Waals surface area contributed by atoms with Gasteiger partial charge in [0.1, 0.15) is 0 Å². The number of aromatic nitrogens is 4. The van der Waals surface area contributed by atoms with Crippen LogP contribution >= 0.6 is 22.6 Å². The zero-order chi connectivity index (χ0) is 53.0. The van der Waals surface area contributed by atoms with E-state index >= 15 is 0 Å². The molecule has 0 radical (unpaired) electrons. The predicted molar refractivity (Wildman–Crippen MR) is 326 cm³/mol. The first-order valence-corrected chi connectivity index (χ1v) is 27.3. The van der Waals surface area contributed by atoms with Crippen molar-refractivity contribution in [3.05, 3.63) is 163 Å². The minimum Gasteiger partial charge on any atom is -0.354 e. The van der Waals surface area contributed by atoms with Gasteiger partial charge in [0.2, 0.25) is 0 Å². The number of rotatable bonds is 4. The number of halogens is 1. The number of aromatic amines is 2. The van der Waals surface area contributed by atoms with E-state index in [-0.39, 0.29) is 32.5 Å². The van der Waals surface area contributed by atoms with E-state index in [1.54, 1.807) is 0 Å². The Labute approximate surface area is 450 Å². The first-order chi connectivity index (χ1) is 33.8. The fraction of sp³-hybridized carbons (Fsp3) is 0.353. The summed E-state index contributed by atoms with van der Waals surface area (Å²) in [5.41, 5.74) is 23.7. The number of nitrogens with zero attached hydrogens (tertiary/aromatic N) is 2. The maximum absolute atomic E-state index is 5.80. The Morgan fingerprint density at radius 3 is 0.781 bits per heavy atom. The maximum Gasteiger partial charge on any atom is 0.0737 e. The molecule has 0 saturated heterocycles. The van der Waals surface area contributed by atoms with Crippen molar-refractivity contribution in [2.45, 2.75) is 157 Å². The van der Waals surface area contributed by atoms with Crippen molar-refractivity contribution < 1.29 is 0 Å². The summed E-state index contributed by atoms with van der Waals surface area (Å²) in [5.74, 6) is 0. The van der Waals surface area contributed by atoms with Crippen LogP contribution in [0.4, 0.5) is 0 Å². The van der Waals surface area contributed by atoms with Crippen molar-refractivity contribution in [3.8, 4) is 44.5 Å². The molecule has 73 heavy (non-hydrogen) atoms. The van der Waals surface area contributed by atoms with E-state index < -0.39 is 0 Å². The van der Waals surface area contributed by atoms with Gasteiger partial charge in [-0.3, -0.25) is 0 Å². The average Bonchev–Trinajstić information content (AvgIpc) is 4.13. The van der Waals surface area contributed by atoms with Gasteiger partial charge in [0.25, 0.3) is 0 Å². The lowest BCUT2D eigenvalue weighted by molar-refractivity contribution is 0.568. The largest absolute Gasteiger partial charge is 0.354 e. The van der Waals surface area contributed by atoms with Crippen LogP contribution in [0.15, 0.2) is 103 Å². The molecule has 2 aliphatic heterocycles. The molecule has 0 aliphatic carbocycles. The zero-order valence-electron chi connectivity index (χ0n) is 46.9. The Bertz CT molecular complexity index is 3390. The van der Waals surface area contributed by atoms with Crippen LogP contribution in [0.2, 0.25) is 0 Å². The van der Waals surface area contributed by atoms with Crippen LogP contribution < -0.4 is 0 Å². The SMILES string of the molecule is CC(C)(C)c1cc(-c2c3nc(c(-c4cc(C(C)(C)C)cc(C(C)(C)C)c4)c4ccc([nH]4)c(-c4cc(C(C)(C)C)cc(C(C)(C)C)c4)c4nc(c(-c5cccc(I)c5)c5ccc2[nH]5)C=C4)C=C3)cc(C(C)(C)C)c1. The normalized spacial score (nSPS) is 13.6. The summed E-state index contributed by atoms with van der Waals surface area (Å²) in [4.78, 5) is 19.6. The Kier molecular flexibility index (Phi) is 13.0. The molecule has 8 bridgehead atoms. The van der Waals surface area contributed by atoms with Crippen LogP contribution in [0.25, 0.3) is 90.9 Å². The lowest BCUT2D eigenvalue weighted by Crippen LogP contribution is -2.16. The molecular weight excluding hydrogens is 1000 g/mol. The van der Waals surface area contributed by atoms with Crippen molar-refractivity contribution in [2.24, 2.45) is 0 Å². The number of H-pyrrole nitrogens is 2. The summed E-state index contributed by atoms with van der Waals surface area (Å²) in [6.07, 6.45) is 8.92. The third kappa shape index (κ3) is 10.6. The summed E-state index contributed by atoms with van der Waals surface area (Å²) in [5, 5.41) is 0. The van der Waals surface area contributed by atoms with Crippen molar-refractivity contribution in [2.75, 3.05) is 0 Å². The van der Waals surface area contributed by atoms with Crippen LogP contribution in [0.5, 0.6) is 0 Å². The topological polar surface area (TPSA) is 57.4 Å². The van der Waals surface area contributed by atoms with E-state index in [0.29, 0.717) is 0 Å². The molecule has 376 valence electrons. The van der Waals surface area contributed by atoms with Crippen LogP contribution in [0.3, 0.4) is 0 Å². The minimum atomic E-state index is -0.0890. The van der Waals surface area contributed by atoms with Crippen molar-refractivity contribution >= 4 is 69.0 Å². The average molecular weight is 1080 g/mol. The van der Waals surface area contributed by atoms with Crippen molar-refractivity contribution in [1.29, 1.82) is 0 Å². The van der Waals surface area contributed by atoms with Gasteiger partial charge in [-0.1, -0.05) is 191 Å². The molecule has 0 atom stereocenters. The molecule has 4 nitrogen and oxygen atoms in total. The number of nitrogens with one attached hydrogen (secondary N) is 2. The summed E-state index contributed by atoms with van der Waals surface area (Å²) in [7, 11) is 0. The van der Waals surface area contributed by atoms with Crippen LogP contribution in [0, 0.1) is 3.57 Å². The second kappa shape index (κ2) is 18.2. The molecule has 7 aromatic rings. The Morgan fingerprint density at radius 2 is 0.548 bits per heavy atom. The number of hydrogen-bond acceptors (Lipinski definition) is 2. The van der Waals surface area contributed by atoms with E-state index in [4.69, 9.17) is 9.97 Å². The highest BCUT2D eigenvalue weighted by Crippen LogP contribution is 2.44. The molecule has 0 unspecified atom stereocenters. The van der Waals surface area contributed by atoms with Crippen molar-refractivity contribution in [3.63, 3.8) is 0 Å². The standard InChI is InChI=1S/C68H77IN4/c1-63(2,3)44-30-41(31-45(37-44)64(4,5)6)60-53-24-22-51(70-53)59(40-20-19-21-50(69)36-40)52-23-25-54(71-52)61(42-32-46(65(7,8)9)38-47(33-42)66(10,11)12)56-27-29-58(73-56)62(57-28-26-55(60)72-57)43-34-48(67(13,14)15)39-49(35-43)68(16,17)18/h19-39,70,73H,1-18H3. The Hall–Kier alpha value is -5.79. The summed E-state index contributed by atoms with van der Waals surface area (Å²) >= 11 is 2.43. The molecule has 0 spiro atoms. The predicted octanol–water partition coefficient (Wildman–Crippen LogP) is 19.7. The van der Waals surface area contributed by atoms with Gasteiger partial charge < -0.3 is 9.97 Å². The van der Waals surface area contributed by atoms with Crippen LogP contribution in [0.1, 0.15) is 181 Å². The van der Waals surface area contributed by atoms with Crippen LogP contribution in [-0.4, -0.2) is 19.9 Å². The molecule has 0 amide bonds. The number of fused-ring (bicyclic) bond motifs is 8. The summed E-state index contributed by atoms with van der Waals surface area (Å²) in [6.45, 7) is 41.7. The molecule has 4 aromatic carbocycles. The van der Waals surface area contributed by atoms with Gasteiger partial charge in [-0.25, -0.2) is 9.97 Å².